The third-order valence-electron chi connectivity index (χ3n) is 6.15. The van der Waals surface area contributed by atoms with Crippen LogP contribution in [0.15, 0.2) is 17.6 Å². The number of rotatable bonds is 3. The van der Waals surface area contributed by atoms with Crippen molar-refractivity contribution in [2.45, 2.75) is 32.5 Å². The van der Waals surface area contributed by atoms with Crippen LogP contribution in [0.4, 0.5) is 32.5 Å². The molecule has 5 rings (SSSR count). The van der Waals surface area contributed by atoms with Crippen molar-refractivity contribution in [2.24, 2.45) is 0 Å². The number of aryl methyl sites for hydroxylation is 1. The van der Waals surface area contributed by atoms with Crippen molar-refractivity contribution in [3.05, 3.63) is 23.3 Å². The number of nitrogens with one attached hydrogen (secondary N) is 1. The maximum atomic E-state index is 13.5. The summed E-state index contributed by atoms with van der Waals surface area (Å²) < 4.78 is 13.5. The van der Waals surface area contributed by atoms with Gasteiger partial charge in [-0.1, -0.05) is 0 Å². The number of anilines is 4. The molecule has 2 amide bonds. The Morgan fingerprint density at radius 2 is 2.06 bits per heavy atom. The van der Waals surface area contributed by atoms with E-state index in [4.69, 9.17) is 5.73 Å². The van der Waals surface area contributed by atoms with Gasteiger partial charge in [0, 0.05) is 32.2 Å². The third kappa shape index (κ3) is 4.22. The second-order valence-electron chi connectivity index (χ2n) is 8.46. The topological polar surface area (TPSA) is 116 Å². The Morgan fingerprint density at radius 1 is 1.21 bits per heavy atom. The molecule has 5 heterocycles. The highest BCUT2D eigenvalue weighted by molar-refractivity contribution is 7.16. The first kappa shape index (κ1) is 21.6. The van der Waals surface area contributed by atoms with Crippen LogP contribution < -0.4 is 20.9 Å². The van der Waals surface area contributed by atoms with E-state index in [1.54, 1.807) is 10.4 Å². The van der Waals surface area contributed by atoms with Crippen LogP contribution in [-0.2, 0) is 0 Å². The number of pyridine rings is 1. The van der Waals surface area contributed by atoms with E-state index < -0.39 is 6.17 Å². The molecule has 0 aromatic carbocycles. The average molecular weight is 472 g/mol. The number of aromatic nitrogens is 4. The Kier molecular flexibility index (Phi) is 5.60. The minimum absolute atomic E-state index is 0.0223. The van der Waals surface area contributed by atoms with E-state index in [2.05, 4.69) is 30.2 Å². The third-order valence-corrected chi connectivity index (χ3v) is 6.87. The van der Waals surface area contributed by atoms with Crippen molar-refractivity contribution in [1.82, 2.24) is 24.8 Å². The summed E-state index contributed by atoms with van der Waals surface area (Å²) in [6, 6.07) is 3.52. The predicted octanol–water partition coefficient (Wildman–Crippen LogP) is 2.66. The van der Waals surface area contributed by atoms with Gasteiger partial charge in [0.25, 0.3) is 0 Å². The molecule has 174 valence electrons. The number of nitrogens with zero attached hydrogens (tertiary/aromatic N) is 7. The number of hydrogen-bond acceptors (Lipinski definition) is 9. The molecular weight excluding hydrogens is 445 g/mol. The molecule has 2 unspecified atom stereocenters. The molecule has 2 aliphatic rings. The van der Waals surface area contributed by atoms with Crippen molar-refractivity contribution in [2.75, 3.05) is 53.6 Å². The standard InChI is InChI=1S/C21H26FN9OS/c1-12-9-30(7-8-31(12)18-17-19(33-11-24-17)28-20(23)27-18)21(32)26-15-3-4-16(25-13(15)2)29-6-5-14(22)10-29/h3-4,11-12,14H,5-10H2,1-2H3,(H,26,32)(H2,23,27,28). The van der Waals surface area contributed by atoms with Crippen molar-refractivity contribution < 1.29 is 9.18 Å². The Labute approximate surface area is 194 Å². The Balaban J connectivity index is 1.25. The number of halogens is 1. The van der Waals surface area contributed by atoms with Crippen molar-refractivity contribution in [3.8, 4) is 0 Å². The molecule has 3 aromatic heterocycles. The maximum absolute atomic E-state index is 13.5. The van der Waals surface area contributed by atoms with Crippen LogP contribution in [0.3, 0.4) is 0 Å². The number of fused-ring (bicyclic) bond motifs is 1. The van der Waals surface area contributed by atoms with Gasteiger partial charge in [0.15, 0.2) is 10.6 Å². The van der Waals surface area contributed by atoms with Crippen molar-refractivity contribution >= 4 is 51.0 Å². The fourth-order valence-corrected chi connectivity index (χ4v) is 5.06. The van der Waals surface area contributed by atoms with E-state index in [-0.39, 0.29) is 18.0 Å². The molecule has 12 heteroatoms. The molecule has 2 aliphatic heterocycles. The Morgan fingerprint density at radius 3 is 2.79 bits per heavy atom. The smallest absolute Gasteiger partial charge is 0.322 e. The summed E-state index contributed by atoms with van der Waals surface area (Å²) >= 11 is 1.43. The molecular formula is C21H26FN9OS. The Hall–Kier alpha value is -3.28. The number of carbonyl (C=O) groups excluding carboxylic acids is 1. The number of urea groups is 1. The molecule has 3 N–H and O–H groups in total. The molecule has 0 bridgehead atoms. The summed E-state index contributed by atoms with van der Waals surface area (Å²) in [5.41, 5.74) is 9.73. The molecule has 3 aromatic rings. The first-order valence-corrected chi connectivity index (χ1v) is 11.8. The Bertz CT molecular complexity index is 1190. The van der Waals surface area contributed by atoms with E-state index in [0.29, 0.717) is 56.3 Å². The van der Waals surface area contributed by atoms with Crippen LogP contribution in [-0.4, -0.2) is 75.8 Å². The predicted molar refractivity (Wildman–Crippen MR) is 128 cm³/mol. The van der Waals surface area contributed by atoms with E-state index in [0.717, 1.165) is 16.2 Å². The second kappa shape index (κ2) is 8.58. The summed E-state index contributed by atoms with van der Waals surface area (Å²) in [5, 5.41) is 2.97. The average Bonchev–Trinajstić information content (AvgIpc) is 3.43. The van der Waals surface area contributed by atoms with Gasteiger partial charge in [0.1, 0.15) is 17.5 Å². The number of alkyl halides is 1. The zero-order chi connectivity index (χ0) is 23.1. The SMILES string of the molecule is Cc1nc(N2CCC(F)C2)ccc1NC(=O)N1CCN(c2nc(N)nc3scnc23)C(C)C1. The summed E-state index contributed by atoms with van der Waals surface area (Å²) in [7, 11) is 0. The van der Waals surface area contributed by atoms with Gasteiger partial charge >= 0.3 is 6.03 Å². The van der Waals surface area contributed by atoms with E-state index >= 15 is 0 Å². The highest BCUT2D eigenvalue weighted by Crippen LogP contribution is 2.29. The monoisotopic (exact) mass is 471 g/mol. The lowest BCUT2D eigenvalue weighted by Crippen LogP contribution is -2.55. The lowest BCUT2D eigenvalue weighted by molar-refractivity contribution is 0.200. The van der Waals surface area contributed by atoms with Crippen LogP contribution in [0.1, 0.15) is 19.0 Å². The quantitative estimate of drug-likeness (QED) is 0.599. The fourth-order valence-electron chi connectivity index (χ4n) is 4.40. The van der Waals surface area contributed by atoms with Gasteiger partial charge in [-0.25, -0.2) is 24.1 Å². The molecule has 0 aliphatic carbocycles. The number of nitrogen functional groups attached to an aromatic ring is 1. The lowest BCUT2D eigenvalue weighted by Gasteiger charge is -2.40. The molecule has 10 nitrogen and oxygen atoms in total. The molecule has 33 heavy (non-hydrogen) atoms. The normalized spacial score (nSPS) is 21.1. The first-order valence-electron chi connectivity index (χ1n) is 10.9. The summed E-state index contributed by atoms with van der Waals surface area (Å²) in [6.45, 7) is 6.58. The van der Waals surface area contributed by atoms with Crippen LogP contribution in [0.5, 0.6) is 0 Å². The summed E-state index contributed by atoms with van der Waals surface area (Å²) in [4.78, 5) is 37.2. The van der Waals surface area contributed by atoms with Gasteiger partial charge in [-0.05, 0) is 32.4 Å². The fraction of sp³-hybridized carbons (Fsp3) is 0.476. The van der Waals surface area contributed by atoms with Crippen LogP contribution in [0.2, 0.25) is 0 Å². The number of hydrogen-bond donors (Lipinski definition) is 2. The number of thiazole rings is 1. The van der Waals surface area contributed by atoms with Crippen molar-refractivity contribution in [1.29, 1.82) is 0 Å². The number of amides is 2. The highest BCUT2D eigenvalue weighted by atomic mass is 32.1. The lowest BCUT2D eigenvalue weighted by atomic mass is 10.2. The molecule has 0 saturated carbocycles. The zero-order valence-electron chi connectivity index (χ0n) is 18.5. The second-order valence-corrected chi connectivity index (χ2v) is 9.30. The molecule has 0 spiro atoms. The van der Waals surface area contributed by atoms with Crippen LogP contribution in [0, 0.1) is 6.92 Å². The molecule has 2 saturated heterocycles. The minimum Gasteiger partial charge on any atom is -0.368 e. The summed E-state index contributed by atoms with van der Waals surface area (Å²) in [6.07, 6.45) is -0.281. The van der Waals surface area contributed by atoms with Gasteiger partial charge in [0.2, 0.25) is 5.95 Å². The van der Waals surface area contributed by atoms with Gasteiger partial charge in [-0.15, -0.1) is 11.3 Å². The van der Waals surface area contributed by atoms with Crippen LogP contribution in [0.25, 0.3) is 10.3 Å². The van der Waals surface area contributed by atoms with E-state index in [1.807, 2.05) is 30.9 Å². The number of carbonyl (C=O) groups is 1. The van der Waals surface area contributed by atoms with Gasteiger partial charge in [0.05, 0.1) is 23.4 Å². The van der Waals surface area contributed by atoms with Gasteiger partial charge < -0.3 is 25.8 Å². The van der Waals surface area contributed by atoms with Gasteiger partial charge in [-0.3, -0.25) is 0 Å². The van der Waals surface area contributed by atoms with Crippen molar-refractivity contribution in [3.63, 3.8) is 0 Å². The first-order chi connectivity index (χ1) is 15.9. The van der Waals surface area contributed by atoms with E-state index in [9.17, 15) is 9.18 Å². The zero-order valence-corrected chi connectivity index (χ0v) is 19.3. The maximum Gasteiger partial charge on any atom is 0.322 e. The summed E-state index contributed by atoms with van der Waals surface area (Å²) in [5.74, 6) is 1.67. The number of piperazine rings is 1. The number of nitrogens with two attached hydrogens (primary N) is 1. The largest absolute Gasteiger partial charge is 0.368 e. The van der Waals surface area contributed by atoms with Gasteiger partial charge in [-0.2, -0.15) is 4.98 Å². The minimum atomic E-state index is -0.808. The molecule has 2 fully saturated rings. The molecule has 2 atom stereocenters. The van der Waals surface area contributed by atoms with Crippen LogP contribution >= 0.6 is 11.3 Å². The highest BCUT2D eigenvalue weighted by Gasteiger charge is 2.30. The molecule has 0 radical (unpaired) electrons. The van der Waals surface area contributed by atoms with E-state index in [1.165, 1.54) is 11.3 Å².